The first-order valence-electron chi connectivity index (χ1n) is 10.3. The standard InChI is InChI=1S/C25H28O4/c1-3-28-22-12-7-18(8-13-22)21-6-5-20(25(27)17-21)11-16-24(26)19-9-14-23(15-10-19)29-4-2/h7-10,12-15,17,20H,3-6,11,16H2,1-2H3. The Morgan fingerprint density at radius 2 is 1.52 bits per heavy atom. The molecule has 0 aliphatic heterocycles. The number of hydrogen-bond acceptors (Lipinski definition) is 4. The van der Waals surface area contributed by atoms with Crippen LogP contribution in [0.25, 0.3) is 5.57 Å². The van der Waals surface area contributed by atoms with Crippen molar-refractivity contribution >= 4 is 17.1 Å². The zero-order valence-corrected chi connectivity index (χ0v) is 17.1. The zero-order valence-electron chi connectivity index (χ0n) is 17.1. The second-order valence-corrected chi connectivity index (χ2v) is 7.18. The van der Waals surface area contributed by atoms with E-state index in [1.807, 2.05) is 50.2 Å². The summed E-state index contributed by atoms with van der Waals surface area (Å²) in [6, 6.07) is 15.1. The predicted octanol–water partition coefficient (Wildman–Crippen LogP) is 5.51. The van der Waals surface area contributed by atoms with Gasteiger partial charge in [0, 0.05) is 17.9 Å². The molecule has 4 nitrogen and oxygen atoms in total. The Morgan fingerprint density at radius 1 is 0.931 bits per heavy atom. The average Bonchev–Trinajstić information content (AvgIpc) is 2.74. The fourth-order valence-electron chi connectivity index (χ4n) is 3.63. The highest BCUT2D eigenvalue weighted by molar-refractivity contribution is 6.01. The van der Waals surface area contributed by atoms with Gasteiger partial charge in [0.25, 0.3) is 0 Å². The van der Waals surface area contributed by atoms with Gasteiger partial charge in [0.15, 0.2) is 11.6 Å². The normalized spacial score (nSPS) is 16.3. The molecule has 2 aromatic rings. The number of allylic oxidation sites excluding steroid dienone is 2. The highest BCUT2D eigenvalue weighted by atomic mass is 16.5. The van der Waals surface area contributed by atoms with Crippen molar-refractivity contribution < 1.29 is 19.1 Å². The van der Waals surface area contributed by atoms with Crippen molar-refractivity contribution in [2.45, 2.75) is 39.5 Å². The van der Waals surface area contributed by atoms with Crippen molar-refractivity contribution in [1.29, 1.82) is 0 Å². The van der Waals surface area contributed by atoms with Crippen LogP contribution in [-0.4, -0.2) is 24.8 Å². The molecule has 152 valence electrons. The maximum Gasteiger partial charge on any atom is 0.162 e. The van der Waals surface area contributed by atoms with Gasteiger partial charge in [-0.15, -0.1) is 0 Å². The second-order valence-electron chi connectivity index (χ2n) is 7.18. The molecule has 3 rings (SSSR count). The number of carbonyl (C=O) groups excluding carboxylic acids is 2. The number of ketones is 2. The lowest BCUT2D eigenvalue weighted by atomic mass is 9.82. The molecule has 0 N–H and O–H groups in total. The monoisotopic (exact) mass is 392 g/mol. The van der Waals surface area contributed by atoms with E-state index in [2.05, 4.69) is 0 Å². The fraction of sp³-hybridized carbons (Fsp3) is 0.360. The Bertz CT molecular complexity index is 863. The highest BCUT2D eigenvalue weighted by Crippen LogP contribution is 2.31. The molecule has 0 saturated heterocycles. The molecule has 1 unspecified atom stereocenters. The molecule has 0 bridgehead atoms. The van der Waals surface area contributed by atoms with Gasteiger partial charge in [-0.25, -0.2) is 0 Å². The van der Waals surface area contributed by atoms with Crippen LogP contribution in [0.15, 0.2) is 54.6 Å². The van der Waals surface area contributed by atoms with Crippen LogP contribution in [0.4, 0.5) is 0 Å². The van der Waals surface area contributed by atoms with Gasteiger partial charge in [-0.05, 0) is 86.7 Å². The van der Waals surface area contributed by atoms with E-state index in [9.17, 15) is 9.59 Å². The fourth-order valence-corrected chi connectivity index (χ4v) is 3.63. The van der Waals surface area contributed by atoms with Crippen LogP contribution in [0, 0.1) is 5.92 Å². The van der Waals surface area contributed by atoms with Crippen molar-refractivity contribution in [3.63, 3.8) is 0 Å². The Balaban J connectivity index is 1.55. The lowest BCUT2D eigenvalue weighted by molar-refractivity contribution is -0.118. The van der Waals surface area contributed by atoms with Crippen LogP contribution in [0.5, 0.6) is 11.5 Å². The van der Waals surface area contributed by atoms with Gasteiger partial charge in [-0.1, -0.05) is 12.1 Å². The van der Waals surface area contributed by atoms with Crippen LogP contribution in [0.2, 0.25) is 0 Å². The molecular formula is C25H28O4. The van der Waals surface area contributed by atoms with Gasteiger partial charge >= 0.3 is 0 Å². The quantitative estimate of drug-likeness (QED) is 0.528. The van der Waals surface area contributed by atoms with Crippen molar-refractivity contribution in [1.82, 2.24) is 0 Å². The van der Waals surface area contributed by atoms with E-state index in [-0.39, 0.29) is 17.5 Å². The number of hydrogen-bond donors (Lipinski definition) is 0. The summed E-state index contributed by atoms with van der Waals surface area (Å²) >= 11 is 0. The summed E-state index contributed by atoms with van der Waals surface area (Å²) in [4.78, 5) is 25.0. The Morgan fingerprint density at radius 3 is 2.07 bits per heavy atom. The molecule has 2 aromatic carbocycles. The topological polar surface area (TPSA) is 52.6 Å². The number of benzene rings is 2. The molecule has 0 saturated carbocycles. The summed E-state index contributed by atoms with van der Waals surface area (Å²) in [7, 11) is 0. The molecule has 29 heavy (non-hydrogen) atoms. The molecule has 1 aliphatic rings. The van der Waals surface area contributed by atoms with Gasteiger partial charge < -0.3 is 9.47 Å². The summed E-state index contributed by atoms with van der Waals surface area (Å²) < 4.78 is 10.9. The number of rotatable bonds is 9. The molecule has 0 spiro atoms. The first kappa shape index (κ1) is 20.8. The average molecular weight is 392 g/mol. The predicted molar refractivity (Wildman–Crippen MR) is 114 cm³/mol. The molecule has 1 aliphatic carbocycles. The summed E-state index contributed by atoms with van der Waals surface area (Å²) in [5.41, 5.74) is 2.79. The molecule has 0 amide bonds. The SMILES string of the molecule is CCOc1ccc(C(=O)CCC2CCC(c3ccc(OCC)cc3)=CC2=O)cc1. The van der Waals surface area contributed by atoms with Gasteiger partial charge in [-0.3, -0.25) is 9.59 Å². The van der Waals surface area contributed by atoms with E-state index in [1.54, 1.807) is 18.2 Å². The molecular weight excluding hydrogens is 364 g/mol. The maximum atomic E-state index is 12.6. The molecule has 0 heterocycles. The molecule has 1 atom stereocenters. The van der Waals surface area contributed by atoms with E-state index in [1.165, 1.54) is 0 Å². The van der Waals surface area contributed by atoms with Crippen molar-refractivity contribution in [3.8, 4) is 11.5 Å². The first-order valence-corrected chi connectivity index (χ1v) is 10.3. The first-order chi connectivity index (χ1) is 14.1. The van der Waals surface area contributed by atoms with E-state index in [0.717, 1.165) is 35.5 Å². The van der Waals surface area contributed by atoms with Crippen LogP contribution >= 0.6 is 0 Å². The van der Waals surface area contributed by atoms with Crippen LogP contribution in [0.1, 0.15) is 55.5 Å². The Kier molecular flexibility index (Phi) is 7.23. The van der Waals surface area contributed by atoms with E-state index in [0.29, 0.717) is 31.6 Å². The molecule has 4 heteroatoms. The minimum atomic E-state index is -0.0758. The number of Topliss-reactive ketones (excluding diaryl/α,β-unsaturated/α-hetero) is 1. The Hall–Kier alpha value is -2.88. The lowest BCUT2D eigenvalue weighted by Crippen LogP contribution is -2.18. The van der Waals surface area contributed by atoms with Crippen LogP contribution in [-0.2, 0) is 4.79 Å². The minimum Gasteiger partial charge on any atom is -0.494 e. The minimum absolute atomic E-state index is 0.0714. The third kappa shape index (κ3) is 5.57. The van der Waals surface area contributed by atoms with Crippen LogP contribution in [0.3, 0.4) is 0 Å². The molecule has 0 fully saturated rings. The van der Waals surface area contributed by atoms with Crippen LogP contribution < -0.4 is 9.47 Å². The number of carbonyl (C=O) groups is 2. The van der Waals surface area contributed by atoms with E-state index in [4.69, 9.17) is 9.47 Å². The Labute approximate surface area is 172 Å². The summed E-state index contributed by atoms with van der Waals surface area (Å²) in [5, 5.41) is 0. The highest BCUT2D eigenvalue weighted by Gasteiger charge is 2.24. The van der Waals surface area contributed by atoms with Crippen molar-refractivity contribution in [2.75, 3.05) is 13.2 Å². The van der Waals surface area contributed by atoms with Crippen molar-refractivity contribution in [3.05, 3.63) is 65.7 Å². The second kappa shape index (κ2) is 10.1. The third-order valence-corrected chi connectivity index (χ3v) is 5.22. The maximum absolute atomic E-state index is 12.6. The van der Waals surface area contributed by atoms with Crippen molar-refractivity contribution in [2.24, 2.45) is 5.92 Å². The largest absolute Gasteiger partial charge is 0.494 e. The summed E-state index contributed by atoms with van der Waals surface area (Å²) in [6.07, 6.45) is 4.37. The third-order valence-electron chi connectivity index (χ3n) is 5.22. The van der Waals surface area contributed by atoms with Gasteiger partial charge in [0.05, 0.1) is 13.2 Å². The lowest BCUT2D eigenvalue weighted by Gasteiger charge is -2.21. The summed E-state index contributed by atoms with van der Waals surface area (Å²) in [5.74, 6) is 1.72. The molecule has 0 aromatic heterocycles. The number of ether oxygens (including phenoxy) is 2. The van der Waals surface area contributed by atoms with E-state index < -0.39 is 0 Å². The van der Waals surface area contributed by atoms with Gasteiger partial charge in [0.2, 0.25) is 0 Å². The summed E-state index contributed by atoms with van der Waals surface area (Å²) in [6.45, 7) is 5.12. The smallest absolute Gasteiger partial charge is 0.162 e. The van der Waals surface area contributed by atoms with Gasteiger partial charge in [-0.2, -0.15) is 0 Å². The zero-order chi connectivity index (χ0) is 20.6. The molecule has 0 radical (unpaired) electrons. The van der Waals surface area contributed by atoms with Gasteiger partial charge in [0.1, 0.15) is 11.5 Å². The van der Waals surface area contributed by atoms with E-state index >= 15 is 0 Å².